The van der Waals surface area contributed by atoms with Crippen molar-refractivity contribution < 1.29 is 38.9 Å². The van der Waals surface area contributed by atoms with Gasteiger partial charge in [0.2, 0.25) is 0 Å². The van der Waals surface area contributed by atoms with Crippen LogP contribution in [0, 0.1) is 5.92 Å². The lowest BCUT2D eigenvalue weighted by Crippen LogP contribution is -2.25. The quantitative estimate of drug-likeness (QED) is 0.296. The highest BCUT2D eigenvalue weighted by atomic mass is 17.5. The van der Waals surface area contributed by atoms with Gasteiger partial charge in [-0.15, -0.1) is 0 Å². The summed E-state index contributed by atoms with van der Waals surface area (Å²) in [7, 11) is 0. The number of hydrogen-bond donors (Lipinski definition) is 0. The molecule has 0 N–H and O–H groups in total. The van der Waals surface area contributed by atoms with Crippen LogP contribution in [-0.4, -0.2) is 24.5 Å². The van der Waals surface area contributed by atoms with E-state index in [2.05, 4.69) is 26.6 Å². The van der Waals surface area contributed by atoms with E-state index in [4.69, 9.17) is 9.62 Å². The van der Waals surface area contributed by atoms with Crippen molar-refractivity contribution in [2.24, 2.45) is 5.92 Å². The molecule has 0 aliphatic heterocycles. The fraction of sp³-hybridized carbons (Fsp3) is 0.875. The summed E-state index contributed by atoms with van der Waals surface area (Å²) in [5.74, 6) is 0.252. The second kappa shape index (κ2) is 12.8. The largest absolute Gasteiger partial charge is 0.584 e. The van der Waals surface area contributed by atoms with Gasteiger partial charge in [-0.1, -0.05) is 46.5 Å². The third-order valence-corrected chi connectivity index (χ3v) is 3.37. The number of carbonyl (C=O) groups is 2. The fourth-order valence-electron chi connectivity index (χ4n) is 1.97. The van der Waals surface area contributed by atoms with Crippen LogP contribution in [0.2, 0.25) is 0 Å². The predicted octanol–water partition coefficient (Wildman–Crippen LogP) is 4.87. The topological polar surface area (TPSA) is 89.5 Å². The van der Waals surface area contributed by atoms with Gasteiger partial charge in [0.1, 0.15) is 5.60 Å². The van der Waals surface area contributed by atoms with Crippen LogP contribution in [0.5, 0.6) is 0 Å². The van der Waals surface area contributed by atoms with Crippen molar-refractivity contribution in [1.29, 1.82) is 0 Å². The van der Waals surface area contributed by atoms with Gasteiger partial charge in [0.05, 0.1) is 6.61 Å². The van der Waals surface area contributed by atoms with E-state index < -0.39 is 17.9 Å². The number of rotatable bonds is 11. The first kappa shape index (κ1) is 22.5. The molecule has 142 valence electrons. The third kappa shape index (κ3) is 12.0. The standard InChI is InChI=1S/C16H30O8/c1-6-9-10-13(8-3)12-19-14(17)20-21-15(18)22-24-23-16(4,5)11-7-2/h13H,6-12H2,1-5H3. The summed E-state index contributed by atoms with van der Waals surface area (Å²) in [5.41, 5.74) is -0.623. The van der Waals surface area contributed by atoms with Crippen LogP contribution in [0.4, 0.5) is 9.59 Å². The minimum Gasteiger partial charge on any atom is -0.431 e. The second-order valence-electron chi connectivity index (χ2n) is 6.14. The molecule has 0 rings (SSSR count). The lowest BCUT2D eigenvalue weighted by Gasteiger charge is -2.20. The minimum atomic E-state index is -1.38. The Morgan fingerprint density at radius 1 is 0.958 bits per heavy atom. The predicted molar refractivity (Wildman–Crippen MR) is 84.5 cm³/mol. The summed E-state index contributed by atoms with van der Waals surface area (Å²) in [6, 6.07) is 0. The zero-order valence-corrected chi connectivity index (χ0v) is 15.3. The molecule has 0 fully saturated rings. The number of carbonyl (C=O) groups excluding carboxylic acids is 2. The lowest BCUT2D eigenvalue weighted by molar-refractivity contribution is -0.521. The van der Waals surface area contributed by atoms with E-state index in [1.54, 1.807) is 13.8 Å². The molecule has 0 heterocycles. The van der Waals surface area contributed by atoms with E-state index in [9.17, 15) is 9.59 Å². The summed E-state index contributed by atoms with van der Waals surface area (Å²) in [6.07, 6.45) is 3.05. The summed E-state index contributed by atoms with van der Waals surface area (Å²) in [6.45, 7) is 9.82. The van der Waals surface area contributed by atoms with Crippen LogP contribution in [0.15, 0.2) is 0 Å². The molecule has 0 aliphatic carbocycles. The normalized spacial score (nSPS) is 12.4. The van der Waals surface area contributed by atoms with Gasteiger partial charge >= 0.3 is 12.3 Å². The Bertz CT molecular complexity index is 356. The fourth-order valence-corrected chi connectivity index (χ4v) is 1.97. The van der Waals surface area contributed by atoms with Crippen LogP contribution in [-0.2, 0) is 29.3 Å². The molecule has 0 spiro atoms. The molecule has 0 saturated heterocycles. The molecule has 1 unspecified atom stereocenters. The minimum absolute atomic E-state index is 0.207. The average Bonchev–Trinajstić information content (AvgIpc) is 2.52. The molecule has 24 heavy (non-hydrogen) atoms. The van der Waals surface area contributed by atoms with Crippen LogP contribution in [0.1, 0.15) is 73.1 Å². The first-order valence-corrected chi connectivity index (χ1v) is 8.42. The molecule has 0 amide bonds. The number of hydrogen-bond acceptors (Lipinski definition) is 8. The second-order valence-corrected chi connectivity index (χ2v) is 6.14. The zero-order valence-electron chi connectivity index (χ0n) is 15.3. The molecule has 0 aromatic carbocycles. The first-order valence-electron chi connectivity index (χ1n) is 8.42. The molecule has 0 bridgehead atoms. The molecule has 0 radical (unpaired) electrons. The first-order chi connectivity index (χ1) is 11.3. The Kier molecular flexibility index (Phi) is 12.0. The molecule has 0 aliphatic rings. The number of unbranched alkanes of at least 4 members (excludes halogenated alkanes) is 1. The summed E-state index contributed by atoms with van der Waals surface area (Å²) in [4.78, 5) is 39.7. The Hall–Kier alpha value is -1.54. The van der Waals surface area contributed by atoms with Gasteiger partial charge in [0.25, 0.3) is 0 Å². The van der Waals surface area contributed by atoms with Crippen LogP contribution in [0.3, 0.4) is 0 Å². The maximum atomic E-state index is 11.3. The zero-order chi connectivity index (χ0) is 18.4. The SMILES string of the molecule is CCCCC(CC)COC(=O)OOC(=O)OOOC(C)(C)CCC. The van der Waals surface area contributed by atoms with Crippen LogP contribution in [0.25, 0.3) is 0 Å². The van der Waals surface area contributed by atoms with E-state index >= 15 is 0 Å². The van der Waals surface area contributed by atoms with Crippen molar-refractivity contribution in [2.75, 3.05) is 6.61 Å². The highest BCUT2D eigenvalue weighted by Gasteiger charge is 2.21. The van der Waals surface area contributed by atoms with E-state index in [-0.39, 0.29) is 12.5 Å². The van der Waals surface area contributed by atoms with Gasteiger partial charge in [0, 0.05) is 0 Å². The van der Waals surface area contributed by atoms with Crippen molar-refractivity contribution in [3.63, 3.8) is 0 Å². The third-order valence-electron chi connectivity index (χ3n) is 3.37. The molecule has 0 aromatic heterocycles. The van der Waals surface area contributed by atoms with Gasteiger partial charge < -0.3 is 4.74 Å². The lowest BCUT2D eigenvalue weighted by atomic mass is 10.0. The highest BCUT2D eigenvalue weighted by Crippen LogP contribution is 2.17. The van der Waals surface area contributed by atoms with Crippen molar-refractivity contribution in [1.82, 2.24) is 0 Å². The van der Waals surface area contributed by atoms with Gasteiger partial charge in [-0.2, -0.15) is 24.3 Å². The van der Waals surface area contributed by atoms with Gasteiger partial charge in [-0.25, -0.2) is 4.89 Å². The maximum absolute atomic E-state index is 11.3. The van der Waals surface area contributed by atoms with E-state index in [0.717, 1.165) is 32.1 Å². The van der Waals surface area contributed by atoms with Gasteiger partial charge in [0.15, 0.2) is 0 Å². The molecule has 1 atom stereocenters. The van der Waals surface area contributed by atoms with E-state index in [0.29, 0.717) is 6.42 Å². The molecule has 0 saturated carbocycles. The summed E-state index contributed by atoms with van der Waals surface area (Å²) >= 11 is 0. The van der Waals surface area contributed by atoms with Crippen molar-refractivity contribution >= 4 is 12.3 Å². The molecular formula is C16H30O8. The maximum Gasteiger partial charge on any atom is 0.584 e. The smallest absolute Gasteiger partial charge is 0.431 e. The van der Waals surface area contributed by atoms with Crippen molar-refractivity contribution in [3.8, 4) is 0 Å². The molecule has 8 nitrogen and oxygen atoms in total. The van der Waals surface area contributed by atoms with Crippen LogP contribution >= 0.6 is 0 Å². The van der Waals surface area contributed by atoms with Crippen molar-refractivity contribution in [3.05, 3.63) is 0 Å². The Balaban J connectivity index is 3.83. The number of ether oxygens (including phenoxy) is 1. The van der Waals surface area contributed by atoms with Gasteiger partial charge in [-0.05, 0) is 37.6 Å². The highest BCUT2D eigenvalue weighted by molar-refractivity contribution is 5.63. The Labute approximate surface area is 143 Å². The monoisotopic (exact) mass is 350 g/mol. The van der Waals surface area contributed by atoms with Crippen molar-refractivity contribution in [2.45, 2.75) is 78.7 Å². The molecule has 8 heteroatoms. The van der Waals surface area contributed by atoms with Crippen LogP contribution < -0.4 is 0 Å². The molecule has 0 aromatic rings. The summed E-state index contributed by atoms with van der Waals surface area (Å²) in [5, 5.41) is 4.30. The van der Waals surface area contributed by atoms with Gasteiger partial charge in [-0.3, -0.25) is 0 Å². The van der Waals surface area contributed by atoms with E-state index in [1.807, 2.05) is 13.8 Å². The Morgan fingerprint density at radius 3 is 2.21 bits per heavy atom. The Morgan fingerprint density at radius 2 is 1.62 bits per heavy atom. The summed E-state index contributed by atoms with van der Waals surface area (Å²) < 4.78 is 4.87. The average molecular weight is 350 g/mol. The molecular weight excluding hydrogens is 320 g/mol. The van der Waals surface area contributed by atoms with E-state index in [1.165, 1.54) is 0 Å².